The number of nitrogens with zero attached hydrogens (tertiary/aromatic N) is 1. The summed E-state index contributed by atoms with van der Waals surface area (Å²) in [5, 5.41) is 10.8. The third-order valence-electron chi connectivity index (χ3n) is 4.60. The Morgan fingerprint density at radius 2 is 1.86 bits per heavy atom. The highest BCUT2D eigenvalue weighted by Crippen LogP contribution is 2.40. The number of carbonyl (C=O) groups is 2. The van der Waals surface area contributed by atoms with Gasteiger partial charge in [0.25, 0.3) is 11.7 Å². The number of hydrogen-bond donors (Lipinski definition) is 1. The number of aliphatic hydroxyl groups is 1. The molecule has 2 aromatic rings. The Hall–Kier alpha value is -3.19. The van der Waals surface area contributed by atoms with Crippen molar-refractivity contribution in [2.75, 3.05) is 27.4 Å². The van der Waals surface area contributed by atoms with Gasteiger partial charge < -0.3 is 19.5 Å². The minimum absolute atomic E-state index is 0.0547. The molecule has 146 valence electrons. The predicted molar refractivity (Wildman–Crippen MR) is 100 cm³/mol. The van der Waals surface area contributed by atoms with E-state index in [1.807, 2.05) is 0 Å². The van der Waals surface area contributed by atoms with Gasteiger partial charge in [0.2, 0.25) is 0 Å². The van der Waals surface area contributed by atoms with Gasteiger partial charge in [0.1, 0.15) is 17.3 Å². The number of benzene rings is 2. The molecule has 1 atom stereocenters. The van der Waals surface area contributed by atoms with Gasteiger partial charge in [-0.2, -0.15) is 0 Å². The van der Waals surface area contributed by atoms with Crippen molar-refractivity contribution in [3.63, 3.8) is 0 Å². The Morgan fingerprint density at radius 1 is 1.14 bits per heavy atom. The maximum atomic E-state index is 13.2. The molecule has 2 aromatic carbocycles. The molecule has 1 N–H and O–H groups in total. The first-order valence-electron chi connectivity index (χ1n) is 8.65. The number of likely N-dealkylation sites (tertiary alicyclic amines) is 1. The lowest BCUT2D eigenvalue weighted by atomic mass is 9.95. The van der Waals surface area contributed by atoms with Crippen LogP contribution in [0.2, 0.25) is 0 Å². The number of hydrogen-bond acceptors (Lipinski definition) is 5. The van der Waals surface area contributed by atoms with Crippen molar-refractivity contribution in [1.29, 1.82) is 0 Å². The Balaban J connectivity index is 2.16. The van der Waals surface area contributed by atoms with E-state index >= 15 is 0 Å². The summed E-state index contributed by atoms with van der Waals surface area (Å²) in [5.41, 5.74) is 0.804. The molecule has 28 heavy (non-hydrogen) atoms. The fourth-order valence-electron chi connectivity index (χ4n) is 3.22. The normalized spacial score (nSPS) is 18.5. The van der Waals surface area contributed by atoms with Crippen LogP contribution >= 0.6 is 0 Å². The van der Waals surface area contributed by atoms with Crippen LogP contribution in [0.4, 0.5) is 4.39 Å². The van der Waals surface area contributed by atoms with Gasteiger partial charge in [-0.15, -0.1) is 0 Å². The monoisotopic (exact) mass is 385 g/mol. The third-order valence-corrected chi connectivity index (χ3v) is 4.60. The number of carbonyl (C=O) groups excluding carboxylic acids is 2. The van der Waals surface area contributed by atoms with Crippen LogP contribution in [0.1, 0.15) is 17.2 Å². The topological polar surface area (TPSA) is 76.1 Å². The molecule has 1 aliphatic heterocycles. The quantitative estimate of drug-likeness (QED) is 0.470. The minimum atomic E-state index is -0.810. The third kappa shape index (κ3) is 3.61. The Kier molecular flexibility index (Phi) is 5.75. The van der Waals surface area contributed by atoms with Crippen LogP contribution in [0.3, 0.4) is 0 Å². The average Bonchev–Trinajstić information content (AvgIpc) is 2.97. The van der Waals surface area contributed by atoms with E-state index in [4.69, 9.17) is 9.47 Å². The molecule has 0 aliphatic carbocycles. The van der Waals surface area contributed by atoms with Gasteiger partial charge in [0, 0.05) is 19.2 Å². The highest BCUT2D eigenvalue weighted by molar-refractivity contribution is 6.46. The highest BCUT2D eigenvalue weighted by atomic mass is 19.1. The molecule has 0 radical (unpaired) electrons. The van der Waals surface area contributed by atoms with Gasteiger partial charge in [0.15, 0.2) is 0 Å². The molecule has 0 spiro atoms. The van der Waals surface area contributed by atoms with E-state index in [0.29, 0.717) is 11.3 Å². The standard InChI is InChI=1S/C21H20FNO5/c1-27-11-10-23-18(14-4-3-5-16(12-14)28-2)17(20(25)21(23)26)19(24)13-6-8-15(22)9-7-13/h3-9,12,18,24H,10-11H2,1-2H3/b19-17-. The zero-order chi connectivity index (χ0) is 20.3. The molecular weight excluding hydrogens is 365 g/mol. The molecule has 1 heterocycles. The fraction of sp³-hybridized carbons (Fsp3) is 0.238. The van der Waals surface area contributed by atoms with Gasteiger partial charge in [-0.05, 0) is 42.0 Å². The summed E-state index contributed by atoms with van der Waals surface area (Å²) in [4.78, 5) is 26.7. The molecule has 6 nitrogen and oxygen atoms in total. The zero-order valence-electron chi connectivity index (χ0n) is 15.5. The van der Waals surface area contributed by atoms with Crippen LogP contribution in [-0.2, 0) is 14.3 Å². The van der Waals surface area contributed by atoms with Crippen molar-refractivity contribution < 1.29 is 28.6 Å². The molecule has 1 saturated heterocycles. The summed E-state index contributed by atoms with van der Waals surface area (Å²) in [6.45, 7) is 0.396. The summed E-state index contributed by atoms with van der Waals surface area (Å²) >= 11 is 0. The summed E-state index contributed by atoms with van der Waals surface area (Å²) in [7, 11) is 3.01. The first-order chi connectivity index (χ1) is 13.5. The summed E-state index contributed by atoms with van der Waals surface area (Å²) in [6, 6.07) is 11.2. The number of amides is 1. The van der Waals surface area contributed by atoms with Crippen molar-refractivity contribution in [2.24, 2.45) is 0 Å². The second-order valence-electron chi connectivity index (χ2n) is 6.27. The fourth-order valence-corrected chi connectivity index (χ4v) is 3.22. The number of halogens is 1. The van der Waals surface area contributed by atoms with E-state index < -0.39 is 23.5 Å². The van der Waals surface area contributed by atoms with E-state index in [1.54, 1.807) is 24.3 Å². The molecule has 0 saturated carbocycles. The molecule has 3 rings (SSSR count). The molecule has 7 heteroatoms. The average molecular weight is 385 g/mol. The van der Waals surface area contributed by atoms with E-state index in [0.717, 1.165) is 0 Å². The first-order valence-corrected chi connectivity index (χ1v) is 8.65. The summed E-state index contributed by atoms with van der Waals surface area (Å²) in [6.07, 6.45) is 0. The number of rotatable bonds is 6. The van der Waals surface area contributed by atoms with Crippen molar-refractivity contribution in [3.05, 3.63) is 71.0 Å². The summed E-state index contributed by atoms with van der Waals surface area (Å²) < 4.78 is 23.5. The van der Waals surface area contributed by atoms with E-state index in [1.165, 1.54) is 43.4 Å². The Labute approximate surface area is 161 Å². The van der Waals surface area contributed by atoms with E-state index in [2.05, 4.69) is 0 Å². The summed E-state index contributed by atoms with van der Waals surface area (Å²) in [5.74, 6) is -1.80. The number of aliphatic hydroxyl groups excluding tert-OH is 1. The molecule has 1 amide bonds. The lowest BCUT2D eigenvalue weighted by Crippen LogP contribution is -2.32. The van der Waals surface area contributed by atoms with Gasteiger partial charge in [0.05, 0.1) is 25.3 Å². The van der Waals surface area contributed by atoms with Crippen molar-refractivity contribution in [2.45, 2.75) is 6.04 Å². The highest BCUT2D eigenvalue weighted by Gasteiger charge is 2.45. The molecular formula is C21H20FNO5. The van der Waals surface area contributed by atoms with Gasteiger partial charge >= 0.3 is 0 Å². The number of methoxy groups -OCH3 is 2. The van der Waals surface area contributed by atoms with E-state index in [-0.39, 0.29) is 30.0 Å². The van der Waals surface area contributed by atoms with Crippen LogP contribution in [0.25, 0.3) is 5.76 Å². The van der Waals surface area contributed by atoms with Gasteiger partial charge in [-0.25, -0.2) is 4.39 Å². The Morgan fingerprint density at radius 3 is 2.50 bits per heavy atom. The molecule has 1 fully saturated rings. The Bertz CT molecular complexity index is 923. The molecule has 0 bridgehead atoms. The van der Waals surface area contributed by atoms with Crippen molar-refractivity contribution in [1.82, 2.24) is 4.90 Å². The molecule has 1 aliphatic rings. The van der Waals surface area contributed by atoms with Crippen LogP contribution in [0.15, 0.2) is 54.1 Å². The van der Waals surface area contributed by atoms with Gasteiger partial charge in [-0.3, -0.25) is 9.59 Å². The first kappa shape index (κ1) is 19.6. The molecule has 1 unspecified atom stereocenters. The number of ether oxygens (including phenoxy) is 2. The van der Waals surface area contributed by atoms with Gasteiger partial charge in [-0.1, -0.05) is 12.1 Å². The van der Waals surface area contributed by atoms with Crippen molar-refractivity contribution in [3.8, 4) is 5.75 Å². The van der Waals surface area contributed by atoms with Crippen LogP contribution < -0.4 is 4.74 Å². The van der Waals surface area contributed by atoms with Crippen LogP contribution in [0, 0.1) is 5.82 Å². The van der Waals surface area contributed by atoms with E-state index in [9.17, 15) is 19.1 Å². The second kappa shape index (κ2) is 8.22. The lowest BCUT2D eigenvalue weighted by Gasteiger charge is -2.25. The van der Waals surface area contributed by atoms with Crippen LogP contribution in [0.5, 0.6) is 5.75 Å². The maximum Gasteiger partial charge on any atom is 0.295 e. The predicted octanol–water partition coefficient (Wildman–Crippen LogP) is 2.90. The second-order valence-corrected chi connectivity index (χ2v) is 6.27. The number of ketones is 1. The largest absolute Gasteiger partial charge is 0.507 e. The molecule has 0 aromatic heterocycles. The van der Waals surface area contributed by atoms with Crippen LogP contribution in [-0.4, -0.2) is 49.1 Å². The van der Waals surface area contributed by atoms with Crippen molar-refractivity contribution >= 4 is 17.4 Å². The SMILES string of the molecule is COCCN1C(=O)C(=O)/C(=C(\O)c2ccc(F)cc2)C1c1cccc(OC)c1. The minimum Gasteiger partial charge on any atom is -0.507 e. The zero-order valence-corrected chi connectivity index (χ0v) is 15.5. The smallest absolute Gasteiger partial charge is 0.295 e. The number of Topliss-reactive ketones (excluding diaryl/α,β-unsaturated/α-hetero) is 1. The maximum absolute atomic E-state index is 13.2. The lowest BCUT2D eigenvalue weighted by molar-refractivity contribution is -0.140.